The number of amides is 1. The monoisotopic (exact) mass is 389 g/mol. The van der Waals surface area contributed by atoms with Crippen molar-refractivity contribution in [1.82, 2.24) is 4.90 Å². The van der Waals surface area contributed by atoms with Crippen molar-refractivity contribution in [3.8, 4) is 0 Å². The third-order valence-electron chi connectivity index (χ3n) is 5.44. The lowest BCUT2D eigenvalue weighted by atomic mass is 9.83. The third kappa shape index (κ3) is 4.48. The highest BCUT2D eigenvalue weighted by atomic mass is 16.5. The van der Waals surface area contributed by atoms with E-state index in [9.17, 15) is 9.59 Å². The fourth-order valence-corrected chi connectivity index (χ4v) is 3.72. The minimum Gasteiger partial charge on any atom is -0.458 e. The molecule has 3 rings (SSSR count). The summed E-state index contributed by atoms with van der Waals surface area (Å²) in [5.74, 6) is -0.694. The van der Waals surface area contributed by atoms with Gasteiger partial charge in [0.15, 0.2) is 0 Å². The first-order valence-electron chi connectivity index (χ1n) is 9.82. The maximum atomic E-state index is 13.1. The van der Waals surface area contributed by atoms with Crippen LogP contribution in [-0.2, 0) is 20.9 Å². The van der Waals surface area contributed by atoms with E-state index >= 15 is 0 Å². The predicted octanol–water partition coefficient (Wildman–Crippen LogP) is 4.82. The highest BCUT2D eigenvalue weighted by molar-refractivity contribution is 5.95. The number of hydrogen-bond acceptors (Lipinski definition) is 3. The first-order valence-corrected chi connectivity index (χ1v) is 9.82. The lowest BCUT2D eigenvalue weighted by Crippen LogP contribution is -2.38. The van der Waals surface area contributed by atoms with Gasteiger partial charge in [0.25, 0.3) is 0 Å². The third-order valence-corrected chi connectivity index (χ3v) is 5.44. The fraction of sp³-hybridized carbons (Fsp3) is 0.280. The minimum absolute atomic E-state index is 0.0107. The van der Waals surface area contributed by atoms with E-state index in [2.05, 4.69) is 6.58 Å². The van der Waals surface area contributed by atoms with E-state index in [1.54, 1.807) is 11.0 Å². The quantitative estimate of drug-likeness (QED) is 0.525. The smallest absolute Gasteiger partial charge is 0.336 e. The molecule has 1 aliphatic rings. The summed E-state index contributed by atoms with van der Waals surface area (Å²) in [5.41, 5.74) is 5.46. The fourth-order valence-electron chi connectivity index (χ4n) is 3.72. The average Bonchev–Trinajstić information content (AvgIpc) is 2.70. The maximum absolute atomic E-state index is 13.1. The summed E-state index contributed by atoms with van der Waals surface area (Å²) in [5, 5.41) is 0. The molecule has 2 aromatic rings. The highest BCUT2D eigenvalue weighted by Crippen LogP contribution is 2.38. The topological polar surface area (TPSA) is 46.6 Å². The Morgan fingerprint density at radius 2 is 1.83 bits per heavy atom. The van der Waals surface area contributed by atoms with E-state index < -0.39 is 5.97 Å². The number of ether oxygens (including phenoxy) is 1. The molecule has 0 spiro atoms. The van der Waals surface area contributed by atoms with Crippen molar-refractivity contribution in [2.24, 2.45) is 0 Å². The maximum Gasteiger partial charge on any atom is 0.336 e. The van der Waals surface area contributed by atoms with Gasteiger partial charge >= 0.3 is 5.97 Å². The number of rotatable bonds is 6. The van der Waals surface area contributed by atoms with Crippen molar-refractivity contribution in [3.63, 3.8) is 0 Å². The van der Waals surface area contributed by atoms with Gasteiger partial charge in [-0.05, 0) is 37.5 Å². The van der Waals surface area contributed by atoms with Crippen molar-refractivity contribution < 1.29 is 14.3 Å². The first kappa shape index (κ1) is 20.6. The van der Waals surface area contributed by atoms with Crippen LogP contribution < -0.4 is 0 Å². The van der Waals surface area contributed by atoms with E-state index in [4.69, 9.17) is 4.74 Å². The van der Waals surface area contributed by atoms with Gasteiger partial charge in [0, 0.05) is 18.0 Å². The molecule has 4 nitrogen and oxygen atoms in total. The van der Waals surface area contributed by atoms with Gasteiger partial charge < -0.3 is 9.64 Å². The van der Waals surface area contributed by atoms with Crippen LogP contribution in [0.25, 0.3) is 0 Å². The van der Waals surface area contributed by atoms with Crippen LogP contribution in [-0.4, -0.2) is 23.4 Å². The SMILES string of the molecule is C=CCOC(=O)C1=C(C)N(Cc2ccccc2C)C(=O)CC1c1ccc(C)cc1. The Bertz CT molecular complexity index is 956. The molecule has 0 aromatic heterocycles. The van der Waals surface area contributed by atoms with Gasteiger partial charge in [0.1, 0.15) is 6.61 Å². The molecule has 0 bridgehead atoms. The minimum atomic E-state index is -0.393. The normalized spacial score (nSPS) is 16.7. The molecule has 1 unspecified atom stereocenters. The van der Waals surface area contributed by atoms with Gasteiger partial charge in [-0.3, -0.25) is 4.79 Å². The molecule has 0 N–H and O–H groups in total. The van der Waals surface area contributed by atoms with Crippen LogP contribution in [0, 0.1) is 13.8 Å². The van der Waals surface area contributed by atoms with E-state index in [0.29, 0.717) is 17.8 Å². The molecule has 0 radical (unpaired) electrons. The van der Waals surface area contributed by atoms with Crippen molar-refractivity contribution in [3.05, 3.63) is 94.7 Å². The van der Waals surface area contributed by atoms with Crippen LogP contribution in [0.5, 0.6) is 0 Å². The first-order chi connectivity index (χ1) is 13.9. The number of nitrogens with zero attached hydrogens (tertiary/aromatic N) is 1. The number of carbonyl (C=O) groups is 2. The Morgan fingerprint density at radius 1 is 1.14 bits per heavy atom. The van der Waals surface area contributed by atoms with Crippen LogP contribution >= 0.6 is 0 Å². The summed E-state index contributed by atoms with van der Waals surface area (Å²) in [7, 11) is 0. The van der Waals surface area contributed by atoms with Gasteiger partial charge in [-0.1, -0.05) is 66.7 Å². The van der Waals surface area contributed by atoms with Gasteiger partial charge in [-0.25, -0.2) is 4.79 Å². The number of benzene rings is 2. The molecular formula is C25H27NO3. The molecular weight excluding hydrogens is 362 g/mol. The molecule has 0 aliphatic carbocycles. The zero-order valence-corrected chi connectivity index (χ0v) is 17.3. The molecule has 0 fully saturated rings. The van der Waals surface area contributed by atoms with Crippen LogP contribution in [0.15, 0.2) is 72.5 Å². The molecule has 1 amide bonds. The Kier molecular flexibility index (Phi) is 6.32. The molecule has 4 heteroatoms. The summed E-state index contributed by atoms with van der Waals surface area (Å²) >= 11 is 0. The van der Waals surface area contributed by atoms with Crippen molar-refractivity contribution in [1.29, 1.82) is 0 Å². The standard InChI is InChI=1S/C25H27NO3/c1-5-14-29-25(28)24-19(4)26(16-21-9-7-6-8-18(21)3)23(27)15-22(24)20-12-10-17(2)11-13-20/h5-13,22H,1,14-16H2,2-4H3. The van der Waals surface area contributed by atoms with Gasteiger partial charge in [-0.2, -0.15) is 0 Å². The van der Waals surface area contributed by atoms with Gasteiger partial charge in [0.05, 0.1) is 12.1 Å². The lowest BCUT2D eigenvalue weighted by molar-refractivity contribution is -0.139. The van der Waals surface area contributed by atoms with Crippen molar-refractivity contribution >= 4 is 11.9 Å². The second-order valence-electron chi connectivity index (χ2n) is 7.46. The summed E-state index contributed by atoms with van der Waals surface area (Å²) in [6.45, 7) is 10.1. The molecule has 2 aromatic carbocycles. The number of carbonyl (C=O) groups excluding carboxylic acids is 2. The van der Waals surface area contributed by atoms with E-state index in [1.807, 2.05) is 69.3 Å². The van der Waals surface area contributed by atoms with E-state index in [1.165, 1.54) is 0 Å². The summed E-state index contributed by atoms with van der Waals surface area (Å²) in [4.78, 5) is 27.7. The van der Waals surface area contributed by atoms with Gasteiger partial charge in [0.2, 0.25) is 5.91 Å². The Hall–Kier alpha value is -3.14. The molecule has 1 heterocycles. The van der Waals surface area contributed by atoms with E-state index in [0.717, 1.165) is 22.3 Å². The average molecular weight is 389 g/mol. The predicted molar refractivity (Wildman–Crippen MR) is 114 cm³/mol. The molecule has 1 aliphatic heterocycles. The highest BCUT2D eigenvalue weighted by Gasteiger charge is 2.36. The zero-order valence-electron chi connectivity index (χ0n) is 17.3. The number of aryl methyl sites for hydroxylation is 2. The second kappa shape index (κ2) is 8.91. The number of hydrogen-bond donors (Lipinski definition) is 0. The Balaban J connectivity index is 2.03. The van der Waals surface area contributed by atoms with Crippen molar-refractivity contribution in [2.45, 2.75) is 39.7 Å². The number of esters is 1. The summed E-state index contributed by atoms with van der Waals surface area (Å²) < 4.78 is 5.38. The summed E-state index contributed by atoms with van der Waals surface area (Å²) in [6.07, 6.45) is 1.79. The van der Waals surface area contributed by atoms with Crippen LogP contribution in [0.4, 0.5) is 0 Å². The largest absolute Gasteiger partial charge is 0.458 e. The summed E-state index contributed by atoms with van der Waals surface area (Å²) in [6, 6.07) is 15.9. The van der Waals surface area contributed by atoms with Crippen molar-refractivity contribution in [2.75, 3.05) is 6.61 Å². The van der Waals surface area contributed by atoms with Gasteiger partial charge in [-0.15, -0.1) is 0 Å². The van der Waals surface area contributed by atoms with Crippen LogP contribution in [0.3, 0.4) is 0 Å². The van der Waals surface area contributed by atoms with Crippen LogP contribution in [0.2, 0.25) is 0 Å². The zero-order chi connectivity index (χ0) is 21.0. The van der Waals surface area contributed by atoms with Crippen LogP contribution in [0.1, 0.15) is 41.5 Å². The van der Waals surface area contributed by atoms with E-state index in [-0.39, 0.29) is 24.9 Å². The molecule has 0 saturated heterocycles. The molecule has 1 atom stereocenters. The Morgan fingerprint density at radius 3 is 2.48 bits per heavy atom. The Labute approximate surface area is 172 Å². The number of allylic oxidation sites excluding steroid dienone is 1. The second-order valence-corrected chi connectivity index (χ2v) is 7.46. The lowest BCUT2D eigenvalue weighted by Gasteiger charge is -2.35. The molecule has 150 valence electrons. The molecule has 0 saturated carbocycles. The molecule has 29 heavy (non-hydrogen) atoms.